The summed E-state index contributed by atoms with van der Waals surface area (Å²) in [6.07, 6.45) is -2.52. The number of ketones is 1. The number of carbonyl (C=O) groups excluding carboxylic acids is 1. The largest absolute Gasteiger partial charge is 0.479 e. The van der Waals surface area contributed by atoms with Crippen molar-refractivity contribution < 1.29 is 49.4 Å². The number of carbonyl (C=O) groups is 2. The van der Waals surface area contributed by atoms with Crippen molar-refractivity contribution in [1.82, 2.24) is 0 Å². The minimum atomic E-state index is -3.99. The summed E-state index contributed by atoms with van der Waals surface area (Å²) in [5.74, 6) is -1.46. The van der Waals surface area contributed by atoms with Crippen molar-refractivity contribution in [2.75, 3.05) is 0 Å². The molecule has 47 heavy (non-hydrogen) atoms. The lowest BCUT2D eigenvalue weighted by atomic mass is 10.1. The Kier molecular flexibility index (Phi) is 12.2. The van der Waals surface area contributed by atoms with Crippen molar-refractivity contribution >= 4 is 40.3 Å². The lowest BCUT2D eigenvalue weighted by Gasteiger charge is -2.26. The molecule has 0 bridgehead atoms. The van der Waals surface area contributed by atoms with Gasteiger partial charge in [-0.3, -0.25) is 4.79 Å². The van der Waals surface area contributed by atoms with Crippen molar-refractivity contribution in [2.45, 2.75) is 55.5 Å². The van der Waals surface area contributed by atoms with Gasteiger partial charge in [0.25, 0.3) is 0 Å². The van der Waals surface area contributed by atoms with Crippen molar-refractivity contribution in [2.24, 2.45) is 0 Å². The third-order valence-corrected chi connectivity index (χ3v) is 9.67. The van der Waals surface area contributed by atoms with Crippen LogP contribution in [-0.4, -0.2) is 47.1 Å². The molecule has 2 N–H and O–H groups in total. The number of Topliss-reactive ketones (excluding diaryl/α,β-unsaturated/α-hetero) is 1. The van der Waals surface area contributed by atoms with E-state index in [0.717, 1.165) is 5.56 Å². The van der Waals surface area contributed by atoms with Gasteiger partial charge in [0.1, 0.15) is 27.4 Å². The molecular weight excluding hydrogens is 665 g/mol. The molecule has 0 spiro atoms. The number of aliphatic carboxylic acids is 1. The molecule has 11 nitrogen and oxygen atoms in total. The molecular formula is C33H36O11S2Si. The number of aryl methyl sites for hydroxylation is 1. The first-order chi connectivity index (χ1) is 21.9. The van der Waals surface area contributed by atoms with Crippen molar-refractivity contribution in [3.63, 3.8) is 0 Å². The van der Waals surface area contributed by atoms with E-state index in [2.05, 4.69) is 0 Å². The number of para-hydroxylation sites is 1. The Labute approximate surface area is 275 Å². The van der Waals surface area contributed by atoms with Gasteiger partial charge < -0.3 is 23.0 Å². The zero-order valence-corrected chi connectivity index (χ0v) is 29.0. The molecule has 2 atom stereocenters. The Morgan fingerprint density at radius 1 is 0.702 bits per heavy atom. The summed E-state index contributed by atoms with van der Waals surface area (Å²) in [5, 5.41) is 18.1. The monoisotopic (exact) mass is 700 g/mol. The van der Waals surface area contributed by atoms with Crippen LogP contribution in [0.5, 0.6) is 11.5 Å². The van der Waals surface area contributed by atoms with Gasteiger partial charge in [0, 0.05) is 5.56 Å². The first kappa shape index (κ1) is 37.1. The lowest BCUT2D eigenvalue weighted by molar-refractivity contribution is -0.147. The lowest BCUT2D eigenvalue weighted by Crippen LogP contribution is -2.31. The van der Waals surface area contributed by atoms with Crippen LogP contribution in [0.25, 0.3) is 0 Å². The average Bonchev–Trinajstić information content (AvgIpc) is 3.00. The molecule has 0 aliphatic heterocycles. The smallest absolute Gasteiger partial charge is 0.339 e. The highest BCUT2D eigenvalue weighted by Crippen LogP contribution is 2.32. The molecule has 0 saturated heterocycles. The maximum Gasteiger partial charge on any atom is 0.339 e. The second kappa shape index (κ2) is 15.5. The maximum absolute atomic E-state index is 12.5. The topological polar surface area (TPSA) is 171 Å². The predicted molar refractivity (Wildman–Crippen MR) is 177 cm³/mol. The predicted octanol–water partition coefficient (Wildman–Crippen LogP) is 5.82. The molecule has 4 aromatic carbocycles. The van der Waals surface area contributed by atoms with E-state index >= 15 is 0 Å². The fraction of sp³-hybridized carbons (Fsp3) is 0.212. The van der Waals surface area contributed by atoms with E-state index in [-0.39, 0.29) is 32.6 Å². The van der Waals surface area contributed by atoms with Crippen LogP contribution in [0, 0.1) is 6.92 Å². The molecule has 0 aliphatic carbocycles. The summed E-state index contributed by atoms with van der Waals surface area (Å²) in [6.45, 7) is 9.16. The number of carboxylic acid groups (broad SMARTS) is 1. The van der Waals surface area contributed by atoms with Gasteiger partial charge in [-0.15, -0.1) is 0 Å². The fourth-order valence-corrected chi connectivity index (χ4v) is 6.88. The molecule has 0 aliphatic rings. The molecule has 0 amide bonds. The first-order valence-electron chi connectivity index (χ1n) is 14.2. The first-order valence-corrected chi connectivity index (χ1v) is 20.4. The van der Waals surface area contributed by atoms with Crippen LogP contribution in [0.2, 0.25) is 19.6 Å². The fourth-order valence-electron chi connectivity index (χ4n) is 3.97. The zero-order valence-electron chi connectivity index (χ0n) is 26.4. The summed E-state index contributed by atoms with van der Waals surface area (Å²) >= 11 is 0. The summed E-state index contributed by atoms with van der Waals surface area (Å²) in [4.78, 5) is 22.8. The Morgan fingerprint density at radius 2 is 1.21 bits per heavy atom. The van der Waals surface area contributed by atoms with Gasteiger partial charge >= 0.3 is 26.2 Å². The molecule has 0 radical (unpaired) electrons. The quantitative estimate of drug-likeness (QED) is 0.135. The Morgan fingerprint density at radius 3 is 1.74 bits per heavy atom. The normalized spacial score (nSPS) is 13.0. The molecule has 250 valence electrons. The number of hydrogen-bond donors (Lipinski definition) is 2. The second-order valence-corrected chi connectivity index (χ2v) is 18.8. The molecule has 0 heterocycles. The highest BCUT2D eigenvalue weighted by molar-refractivity contribution is 7.87. The average molecular weight is 701 g/mol. The van der Waals surface area contributed by atoms with Gasteiger partial charge in [-0.1, -0.05) is 66.2 Å². The van der Waals surface area contributed by atoms with Gasteiger partial charge in [-0.05, 0) is 81.5 Å². The van der Waals surface area contributed by atoms with Crippen LogP contribution in [-0.2, 0) is 34.3 Å². The number of rotatable bonds is 12. The van der Waals surface area contributed by atoms with E-state index < -0.39 is 46.7 Å². The molecule has 0 fully saturated rings. The van der Waals surface area contributed by atoms with Crippen LogP contribution in [0.4, 0.5) is 0 Å². The van der Waals surface area contributed by atoms with E-state index in [4.69, 9.17) is 17.9 Å². The Balaban J connectivity index is 0.000000257. The number of aliphatic hydroxyl groups excluding tert-OH is 1. The van der Waals surface area contributed by atoms with Gasteiger partial charge in [0.05, 0.1) is 0 Å². The van der Waals surface area contributed by atoms with E-state index in [1.807, 2.05) is 26.6 Å². The third-order valence-electron chi connectivity index (χ3n) is 6.22. The number of carboxylic acids is 1. The summed E-state index contributed by atoms with van der Waals surface area (Å²) in [7, 11) is -9.99. The number of hydrogen-bond acceptors (Lipinski definition) is 10. The zero-order chi connectivity index (χ0) is 35.0. The van der Waals surface area contributed by atoms with Crippen LogP contribution in [0.1, 0.15) is 35.8 Å². The molecule has 2 unspecified atom stereocenters. The number of aliphatic hydroxyl groups is 1. The minimum Gasteiger partial charge on any atom is -0.479 e. The Hall–Kier alpha value is -4.34. The summed E-state index contributed by atoms with van der Waals surface area (Å²) < 4.78 is 65.4. The SMILES string of the molecule is CC(=O)C(O[Si](C)(C)C)c1ccccc1OS(=O)(=O)c1ccccc1.Cc1ccc(S(=O)(=O)Oc2ccc(C(O)C(=O)O)cc2)cc1. The Bertz CT molecular complexity index is 1890. The summed E-state index contributed by atoms with van der Waals surface area (Å²) in [5.41, 5.74) is 1.47. The van der Waals surface area contributed by atoms with Crippen molar-refractivity contribution in [3.05, 3.63) is 120 Å². The van der Waals surface area contributed by atoms with Crippen LogP contribution in [0.15, 0.2) is 113 Å². The van der Waals surface area contributed by atoms with Crippen LogP contribution in [0.3, 0.4) is 0 Å². The van der Waals surface area contributed by atoms with Gasteiger partial charge in [0.15, 0.2) is 20.2 Å². The summed E-state index contributed by atoms with van der Waals surface area (Å²) in [6, 6.07) is 25.8. The van der Waals surface area contributed by atoms with Gasteiger partial charge in [-0.2, -0.15) is 16.8 Å². The molecule has 14 heteroatoms. The van der Waals surface area contributed by atoms with Crippen LogP contribution < -0.4 is 8.37 Å². The van der Waals surface area contributed by atoms with E-state index in [1.54, 1.807) is 48.5 Å². The van der Waals surface area contributed by atoms with Gasteiger partial charge in [0.2, 0.25) is 0 Å². The highest BCUT2D eigenvalue weighted by Gasteiger charge is 2.29. The van der Waals surface area contributed by atoms with Crippen molar-refractivity contribution in [3.8, 4) is 11.5 Å². The molecule has 4 aromatic rings. The molecule has 4 rings (SSSR count). The minimum absolute atomic E-state index is 0.0211. The molecule has 0 saturated carbocycles. The van der Waals surface area contributed by atoms with E-state index in [1.165, 1.54) is 61.5 Å². The van der Waals surface area contributed by atoms with Crippen LogP contribution >= 0.6 is 0 Å². The second-order valence-electron chi connectivity index (χ2n) is 11.3. The standard InChI is InChI=1S/C18H22O5SSi.C15H14O6S/c1-14(19)18(23-25(2,3)4)16-12-8-9-13-17(16)22-24(20,21)15-10-6-5-7-11-15;1-10-2-8-13(9-3-10)22(19,20)21-12-6-4-11(5-7-12)14(16)15(17)18/h5-13,18H,1-4H3;2-9,14,16H,1H3,(H,17,18). The van der Waals surface area contributed by atoms with Crippen molar-refractivity contribution in [1.29, 1.82) is 0 Å². The van der Waals surface area contributed by atoms with Gasteiger partial charge in [-0.25, -0.2) is 4.79 Å². The van der Waals surface area contributed by atoms with E-state index in [9.17, 15) is 31.5 Å². The maximum atomic E-state index is 12.5. The number of benzene rings is 4. The van der Waals surface area contributed by atoms with E-state index in [0.29, 0.717) is 5.56 Å². The molecule has 0 aromatic heterocycles. The third kappa shape index (κ3) is 10.9. The highest BCUT2D eigenvalue weighted by atomic mass is 32.2.